The summed E-state index contributed by atoms with van der Waals surface area (Å²) in [5.41, 5.74) is 1.41. The Morgan fingerprint density at radius 3 is 2.80 bits per heavy atom. The van der Waals surface area contributed by atoms with Crippen molar-refractivity contribution < 1.29 is 23.9 Å². The maximum absolute atomic E-state index is 13.1. The summed E-state index contributed by atoms with van der Waals surface area (Å²) in [6.45, 7) is 2.05. The summed E-state index contributed by atoms with van der Waals surface area (Å²) in [5.74, 6) is -1.92. The van der Waals surface area contributed by atoms with Gasteiger partial charge in [0.2, 0.25) is 11.8 Å². The second kappa shape index (κ2) is 7.57. The number of morpholine rings is 1. The number of ether oxygens (including phenoxy) is 1. The van der Waals surface area contributed by atoms with Gasteiger partial charge in [0, 0.05) is 31.6 Å². The molecule has 2 saturated heterocycles. The minimum atomic E-state index is -0.947. The number of carbonyl (C=O) groups is 4. The number of imide groups is 2. The van der Waals surface area contributed by atoms with E-state index in [0.717, 1.165) is 36.5 Å². The van der Waals surface area contributed by atoms with Crippen molar-refractivity contribution in [2.45, 2.75) is 56.5 Å². The van der Waals surface area contributed by atoms with Crippen LogP contribution in [-0.4, -0.2) is 65.9 Å². The van der Waals surface area contributed by atoms with Crippen LogP contribution in [-0.2, 0) is 20.9 Å². The van der Waals surface area contributed by atoms with Gasteiger partial charge in [0.1, 0.15) is 6.04 Å². The first kappa shape index (κ1) is 19.3. The lowest BCUT2D eigenvalue weighted by molar-refractivity contribution is -0.136. The summed E-state index contributed by atoms with van der Waals surface area (Å²) in [5, 5.41) is 9.20. The van der Waals surface area contributed by atoms with Gasteiger partial charge in [-0.2, -0.15) is 0 Å². The zero-order chi connectivity index (χ0) is 20.8. The molecule has 3 N–H and O–H groups in total. The number of rotatable bonds is 4. The van der Waals surface area contributed by atoms with Crippen molar-refractivity contribution in [3.05, 3.63) is 34.9 Å². The smallest absolute Gasteiger partial charge is 0.262 e. The van der Waals surface area contributed by atoms with E-state index in [9.17, 15) is 19.2 Å². The fourth-order valence-electron chi connectivity index (χ4n) is 5.01. The predicted molar refractivity (Wildman–Crippen MR) is 105 cm³/mol. The summed E-state index contributed by atoms with van der Waals surface area (Å²) >= 11 is 0. The molecular formula is C21H24N4O5. The molecule has 4 aliphatic rings. The van der Waals surface area contributed by atoms with Crippen molar-refractivity contribution in [3.63, 3.8) is 0 Å². The molecule has 4 unspecified atom stereocenters. The van der Waals surface area contributed by atoms with E-state index in [2.05, 4.69) is 16.0 Å². The molecule has 3 heterocycles. The molecule has 1 saturated carbocycles. The Hall–Kier alpha value is -2.62. The third-order valence-electron chi connectivity index (χ3n) is 6.48. The zero-order valence-corrected chi connectivity index (χ0v) is 16.5. The molecule has 158 valence electrons. The van der Waals surface area contributed by atoms with Crippen LogP contribution in [0.4, 0.5) is 0 Å². The van der Waals surface area contributed by atoms with Crippen molar-refractivity contribution in [1.82, 2.24) is 20.9 Å². The first-order valence-electron chi connectivity index (χ1n) is 10.4. The molecule has 30 heavy (non-hydrogen) atoms. The highest BCUT2D eigenvalue weighted by atomic mass is 16.5. The number of amides is 4. The predicted octanol–water partition coefficient (Wildman–Crippen LogP) is -0.303. The molecule has 1 aromatic carbocycles. The zero-order valence-electron chi connectivity index (χ0n) is 16.5. The van der Waals surface area contributed by atoms with Crippen LogP contribution in [0.15, 0.2) is 18.2 Å². The second-order valence-corrected chi connectivity index (χ2v) is 8.31. The van der Waals surface area contributed by atoms with Crippen LogP contribution in [0.1, 0.15) is 52.0 Å². The largest absolute Gasteiger partial charge is 0.375 e. The van der Waals surface area contributed by atoms with Gasteiger partial charge in [-0.3, -0.25) is 29.4 Å². The lowest BCUT2D eigenvalue weighted by Crippen LogP contribution is -2.54. The van der Waals surface area contributed by atoms with E-state index >= 15 is 0 Å². The highest BCUT2D eigenvalue weighted by Gasteiger charge is 2.45. The maximum Gasteiger partial charge on any atom is 0.262 e. The lowest BCUT2D eigenvalue weighted by atomic mass is 10.0. The highest BCUT2D eigenvalue weighted by molar-refractivity contribution is 6.24. The normalized spacial score (nSPS) is 31.0. The van der Waals surface area contributed by atoms with Gasteiger partial charge >= 0.3 is 0 Å². The first-order chi connectivity index (χ1) is 14.5. The Bertz CT molecular complexity index is 918. The van der Waals surface area contributed by atoms with E-state index < -0.39 is 23.8 Å². The molecule has 0 bridgehead atoms. The number of nitrogens with one attached hydrogen (secondary N) is 3. The Balaban J connectivity index is 1.32. The van der Waals surface area contributed by atoms with E-state index in [1.807, 2.05) is 6.07 Å². The minimum absolute atomic E-state index is 0.109. The average Bonchev–Trinajstić information content (AvgIpc) is 3.26. The Labute approximate surface area is 173 Å². The van der Waals surface area contributed by atoms with Gasteiger partial charge in [-0.15, -0.1) is 0 Å². The number of nitrogens with zero attached hydrogens (tertiary/aromatic N) is 1. The number of fused-ring (bicyclic) bond motifs is 2. The van der Waals surface area contributed by atoms with Gasteiger partial charge in [-0.05, 0) is 30.9 Å². The number of hydrogen-bond donors (Lipinski definition) is 3. The fraction of sp³-hybridized carbons (Fsp3) is 0.524. The molecule has 0 spiro atoms. The molecule has 0 aromatic heterocycles. The van der Waals surface area contributed by atoms with Crippen LogP contribution >= 0.6 is 0 Å². The molecule has 1 aromatic rings. The Kier molecular flexibility index (Phi) is 4.88. The van der Waals surface area contributed by atoms with Crippen LogP contribution in [0.3, 0.4) is 0 Å². The summed E-state index contributed by atoms with van der Waals surface area (Å²) in [7, 11) is 0. The van der Waals surface area contributed by atoms with Crippen LogP contribution in [0.5, 0.6) is 0 Å². The van der Waals surface area contributed by atoms with Gasteiger partial charge < -0.3 is 15.4 Å². The summed E-state index contributed by atoms with van der Waals surface area (Å²) in [6.07, 6.45) is 2.33. The van der Waals surface area contributed by atoms with Crippen molar-refractivity contribution in [1.29, 1.82) is 0 Å². The average molecular weight is 412 g/mol. The van der Waals surface area contributed by atoms with E-state index in [0.29, 0.717) is 23.7 Å². The summed E-state index contributed by atoms with van der Waals surface area (Å²) in [6, 6.07) is 4.88. The van der Waals surface area contributed by atoms with E-state index in [4.69, 9.17) is 4.74 Å². The molecule has 3 fully saturated rings. The van der Waals surface area contributed by atoms with E-state index in [1.165, 1.54) is 0 Å². The van der Waals surface area contributed by atoms with Gasteiger partial charge in [0.05, 0.1) is 23.8 Å². The molecule has 1 aliphatic carbocycles. The topological polar surface area (TPSA) is 117 Å². The van der Waals surface area contributed by atoms with Crippen LogP contribution in [0.2, 0.25) is 0 Å². The van der Waals surface area contributed by atoms with E-state index in [1.54, 1.807) is 12.1 Å². The second-order valence-electron chi connectivity index (χ2n) is 8.31. The highest BCUT2D eigenvalue weighted by Crippen LogP contribution is 2.31. The SMILES string of the molecule is O=C1CCC(N2C(=O)c3cccc(CNC4CC5NCCOC5C4)c3C2=O)C(=O)N1. The number of piperidine rings is 1. The molecule has 4 amide bonds. The van der Waals surface area contributed by atoms with Crippen molar-refractivity contribution in [3.8, 4) is 0 Å². The van der Waals surface area contributed by atoms with E-state index in [-0.39, 0.29) is 30.9 Å². The van der Waals surface area contributed by atoms with Gasteiger partial charge in [-0.25, -0.2) is 0 Å². The minimum Gasteiger partial charge on any atom is -0.375 e. The molecule has 9 heteroatoms. The molecule has 4 atom stereocenters. The van der Waals surface area contributed by atoms with Gasteiger partial charge in [0.25, 0.3) is 11.8 Å². The number of hydrogen-bond acceptors (Lipinski definition) is 7. The van der Waals surface area contributed by atoms with Gasteiger partial charge in [0.15, 0.2) is 0 Å². The molecule has 5 rings (SSSR count). The number of benzene rings is 1. The standard InChI is InChI=1S/C21H24N4O5/c26-17-5-4-15(19(27)24-17)25-20(28)13-3-1-2-11(18(13)21(25)29)10-23-12-8-14-16(9-12)30-7-6-22-14/h1-3,12,14-16,22-23H,4-10H2,(H,24,26,27). The summed E-state index contributed by atoms with van der Waals surface area (Å²) < 4.78 is 5.82. The first-order valence-corrected chi connectivity index (χ1v) is 10.4. The van der Waals surface area contributed by atoms with Crippen LogP contribution < -0.4 is 16.0 Å². The van der Waals surface area contributed by atoms with Crippen molar-refractivity contribution >= 4 is 23.6 Å². The molecular weight excluding hydrogens is 388 g/mol. The quantitative estimate of drug-likeness (QED) is 0.581. The molecule has 3 aliphatic heterocycles. The number of carbonyl (C=O) groups excluding carboxylic acids is 4. The lowest BCUT2D eigenvalue weighted by Gasteiger charge is -2.27. The van der Waals surface area contributed by atoms with Crippen LogP contribution in [0, 0.1) is 0 Å². The fourth-order valence-corrected chi connectivity index (χ4v) is 5.01. The third-order valence-corrected chi connectivity index (χ3v) is 6.48. The Morgan fingerprint density at radius 1 is 1.13 bits per heavy atom. The monoisotopic (exact) mass is 412 g/mol. The summed E-state index contributed by atoms with van der Waals surface area (Å²) in [4.78, 5) is 50.7. The van der Waals surface area contributed by atoms with Crippen LogP contribution in [0.25, 0.3) is 0 Å². The molecule has 9 nitrogen and oxygen atoms in total. The maximum atomic E-state index is 13.1. The molecule has 0 radical (unpaired) electrons. The van der Waals surface area contributed by atoms with Crippen molar-refractivity contribution in [2.75, 3.05) is 13.2 Å². The Morgan fingerprint density at radius 2 is 2.00 bits per heavy atom. The third kappa shape index (κ3) is 3.23. The van der Waals surface area contributed by atoms with Gasteiger partial charge in [-0.1, -0.05) is 12.1 Å². The van der Waals surface area contributed by atoms with Crippen molar-refractivity contribution in [2.24, 2.45) is 0 Å².